The lowest BCUT2D eigenvalue weighted by Gasteiger charge is -2.18. The first-order chi connectivity index (χ1) is 14.2. The predicted molar refractivity (Wildman–Crippen MR) is 108 cm³/mol. The van der Waals surface area contributed by atoms with Crippen LogP contribution in [0.1, 0.15) is 36.5 Å². The van der Waals surface area contributed by atoms with Crippen LogP contribution in [0, 0.1) is 17.6 Å². The number of nitrogens with one attached hydrogen (secondary N) is 1. The maximum Gasteiger partial charge on any atom is 0.256 e. The van der Waals surface area contributed by atoms with Gasteiger partial charge in [0.15, 0.2) is 5.78 Å². The number of ether oxygens (including phenoxy) is 1. The van der Waals surface area contributed by atoms with Crippen molar-refractivity contribution in [1.82, 2.24) is 9.84 Å². The first-order valence-electron chi connectivity index (χ1n) is 9.71. The molecule has 0 unspecified atom stereocenters. The number of rotatable bonds is 9. The van der Waals surface area contributed by atoms with Crippen molar-refractivity contribution >= 4 is 15.8 Å². The van der Waals surface area contributed by atoms with Crippen LogP contribution < -0.4 is 9.57 Å². The van der Waals surface area contributed by atoms with Crippen molar-refractivity contribution in [2.75, 3.05) is 19.7 Å². The number of sulfonamides is 1. The maximum atomic E-state index is 13.8. The highest BCUT2D eigenvalue weighted by molar-refractivity contribution is 7.89. The van der Waals surface area contributed by atoms with E-state index in [1.165, 1.54) is 6.92 Å². The van der Waals surface area contributed by atoms with Crippen molar-refractivity contribution < 1.29 is 26.7 Å². The Morgan fingerprint density at radius 1 is 1.20 bits per heavy atom. The number of benzene rings is 2. The monoisotopic (exact) mass is 438 g/mol. The number of carbonyl (C=O) groups excluding carboxylic acids is 1. The molecular weight excluding hydrogens is 414 g/mol. The minimum atomic E-state index is -4.10. The topological polar surface area (TPSA) is 75.7 Å². The van der Waals surface area contributed by atoms with Gasteiger partial charge in [0, 0.05) is 24.7 Å². The van der Waals surface area contributed by atoms with Gasteiger partial charge in [-0.25, -0.2) is 22.2 Å². The van der Waals surface area contributed by atoms with Gasteiger partial charge in [0.2, 0.25) is 0 Å². The number of hydrogen-bond acceptors (Lipinski definition) is 5. The van der Waals surface area contributed by atoms with E-state index in [0.29, 0.717) is 37.1 Å². The molecule has 30 heavy (non-hydrogen) atoms. The van der Waals surface area contributed by atoms with Gasteiger partial charge in [-0.15, -0.1) is 4.83 Å². The number of hydrazine groups is 1. The van der Waals surface area contributed by atoms with Crippen LogP contribution in [-0.4, -0.2) is 38.9 Å². The molecule has 162 valence electrons. The average molecular weight is 438 g/mol. The molecule has 0 bridgehead atoms. The first kappa shape index (κ1) is 22.3. The number of hydrogen-bond donors (Lipinski definition) is 1. The minimum Gasteiger partial charge on any atom is -0.494 e. The SMILES string of the molecule is CC(=O)c1ccc(OCCC[C@@H]2CCN(NS(=O)(=O)c3ccc(F)cc3F)C2)cc1. The molecule has 1 saturated heterocycles. The van der Waals surface area contributed by atoms with Crippen LogP contribution in [0.25, 0.3) is 0 Å². The van der Waals surface area contributed by atoms with Gasteiger partial charge in [-0.2, -0.15) is 0 Å². The molecule has 1 heterocycles. The Balaban J connectivity index is 1.42. The molecule has 2 aromatic carbocycles. The molecule has 0 aliphatic carbocycles. The van der Waals surface area contributed by atoms with Gasteiger partial charge in [-0.05, 0) is 68.5 Å². The van der Waals surface area contributed by atoms with Crippen molar-refractivity contribution in [3.63, 3.8) is 0 Å². The standard InChI is InChI=1S/C21H24F2N2O4S/c1-15(26)17-4-7-19(8-5-17)29-12-2-3-16-10-11-25(14-16)24-30(27,28)21-9-6-18(22)13-20(21)23/h4-9,13,16,24H,2-3,10-12,14H2,1H3/t16-/m1/s1. The molecule has 6 nitrogen and oxygen atoms in total. The molecule has 1 fully saturated rings. The largest absolute Gasteiger partial charge is 0.494 e. The molecule has 0 amide bonds. The number of Topliss-reactive ketones (excluding diaryl/α,β-unsaturated/α-hetero) is 1. The van der Waals surface area contributed by atoms with E-state index in [4.69, 9.17) is 4.74 Å². The Hall–Kier alpha value is -2.36. The molecule has 0 saturated carbocycles. The lowest BCUT2D eigenvalue weighted by molar-refractivity contribution is 0.101. The zero-order valence-corrected chi connectivity index (χ0v) is 17.4. The normalized spacial score (nSPS) is 17.2. The highest BCUT2D eigenvalue weighted by Gasteiger charge is 2.28. The van der Waals surface area contributed by atoms with E-state index in [9.17, 15) is 22.0 Å². The van der Waals surface area contributed by atoms with Crippen LogP contribution in [0.15, 0.2) is 47.4 Å². The zero-order chi connectivity index (χ0) is 21.7. The van der Waals surface area contributed by atoms with Crippen LogP contribution >= 0.6 is 0 Å². The van der Waals surface area contributed by atoms with E-state index < -0.39 is 26.6 Å². The van der Waals surface area contributed by atoms with Crippen molar-refractivity contribution in [1.29, 1.82) is 0 Å². The van der Waals surface area contributed by atoms with Crippen LogP contribution in [0.2, 0.25) is 0 Å². The van der Waals surface area contributed by atoms with E-state index >= 15 is 0 Å². The smallest absolute Gasteiger partial charge is 0.256 e. The van der Waals surface area contributed by atoms with Gasteiger partial charge < -0.3 is 4.74 Å². The minimum absolute atomic E-state index is 0.00475. The molecule has 0 radical (unpaired) electrons. The summed E-state index contributed by atoms with van der Waals surface area (Å²) in [5, 5.41) is 1.55. The Bertz CT molecular complexity index is 997. The Labute approximate surface area is 174 Å². The predicted octanol–water partition coefficient (Wildman–Crippen LogP) is 3.54. The molecule has 0 aromatic heterocycles. The summed E-state index contributed by atoms with van der Waals surface area (Å²) in [5.41, 5.74) is 0.636. The molecule has 2 aromatic rings. The van der Waals surface area contributed by atoms with E-state index in [1.54, 1.807) is 29.3 Å². The number of ketones is 1. The molecule has 9 heteroatoms. The van der Waals surface area contributed by atoms with Gasteiger partial charge in [-0.1, -0.05) is 0 Å². The quantitative estimate of drug-likeness (QED) is 0.479. The van der Waals surface area contributed by atoms with Gasteiger partial charge in [0.1, 0.15) is 22.3 Å². The number of carbonyl (C=O) groups is 1. The zero-order valence-electron chi connectivity index (χ0n) is 16.6. The summed E-state index contributed by atoms with van der Waals surface area (Å²) in [5.74, 6) is -0.960. The molecule has 1 atom stereocenters. The second-order valence-electron chi connectivity index (χ2n) is 7.34. The fraction of sp³-hybridized carbons (Fsp3) is 0.381. The Morgan fingerprint density at radius 3 is 2.60 bits per heavy atom. The maximum absolute atomic E-state index is 13.8. The second-order valence-corrected chi connectivity index (χ2v) is 8.97. The third-order valence-corrected chi connectivity index (χ3v) is 6.41. The number of nitrogens with zero attached hydrogens (tertiary/aromatic N) is 1. The molecule has 1 N–H and O–H groups in total. The van der Waals surface area contributed by atoms with E-state index in [2.05, 4.69) is 4.83 Å². The summed E-state index contributed by atoms with van der Waals surface area (Å²) in [6.07, 6.45) is 2.46. The lowest BCUT2D eigenvalue weighted by Crippen LogP contribution is -2.40. The van der Waals surface area contributed by atoms with E-state index in [1.807, 2.05) is 0 Å². The highest BCUT2D eigenvalue weighted by Crippen LogP contribution is 2.22. The Morgan fingerprint density at radius 2 is 1.93 bits per heavy atom. The summed E-state index contributed by atoms with van der Waals surface area (Å²) in [6.45, 7) is 3.05. The molecule has 1 aliphatic heterocycles. The molecule has 0 spiro atoms. The summed E-state index contributed by atoms with van der Waals surface area (Å²) >= 11 is 0. The fourth-order valence-corrected chi connectivity index (χ4v) is 4.58. The summed E-state index contributed by atoms with van der Waals surface area (Å²) in [6, 6.07) is 9.36. The molecule has 1 aliphatic rings. The fourth-order valence-electron chi connectivity index (χ4n) is 3.41. The summed E-state index contributed by atoms with van der Waals surface area (Å²) < 4.78 is 57.2. The van der Waals surface area contributed by atoms with Crippen LogP contribution in [0.5, 0.6) is 5.75 Å². The first-order valence-corrected chi connectivity index (χ1v) is 11.2. The molecule has 3 rings (SSSR count). The van der Waals surface area contributed by atoms with E-state index in [-0.39, 0.29) is 11.7 Å². The third kappa shape index (κ3) is 5.84. The highest BCUT2D eigenvalue weighted by atomic mass is 32.2. The molecular formula is C21H24F2N2O4S. The van der Waals surface area contributed by atoms with Gasteiger partial charge in [0.05, 0.1) is 6.61 Å². The van der Waals surface area contributed by atoms with Crippen molar-refractivity contribution in [2.24, 2.45) is 5.92 Å². The summed E-state index contributed by atoms with van der Waals surface area (Å²) in [4.78, 5) is 13.1. The van der Waals surface area contributed by atoms with Crippen molar-refractivity contribution in [3.8, 4) is 5.75 Å². The van der Waals surface area contributed by atoms with Gasteiger partial charge in [0.25, 0.3) is 10.0 Å². The Kier molecular flexibility index (Phi) is 7.17. The van der Waals surface area contributed by atoms with Gasteiger partial charge >= 0.3 is 0 Å². The lowest BCUT2D eigenvalue weighted by atomic mass is 10.0. The third-order valence-electron chi connectivity index (χ3n) is 5.00. The average Bonchev–Trinajstić information content (AvgIpc) is 3.11. The second kappa shape index (κ2) is 9.63. The van der Waals surface area contributed by atoms with Crippen LogP contribution in [-0.2, 0) is 10.0 Å². The summed E-state index contributed by atoms with van der Waals surface area (Å²) in [7, 11) is -4.10. The van der Waals surface area contributed by atoms with Crippen molar-refractivity contribution in [3.05, 3.63) is 59.7 Å². The van der Waals surface area contributed by atoms with Crippen LogP contribution in [0.4, 0.5) is 8.78 Å². The number of halogens is 2. The van der Waals surface area contributed by atoms with Crippen LogP contribution in [0.3, 0.4) is 0 Å². The van der Waals surface area contributed by atoms with Crippen molar-refractivity contribution in [2.45, 2.75) is 31.1 Å². The van der Waals surface area contributed by atoms with E-state index in [0.717, 1.165) is 31.4 Å². The van der Waals surface area contributed by atoms with Gasteiger partial charge in [-0.3, -0.25) is 4.79 Å².